The number of ether oxygens (including phenoxy) is 1. The predicted molar refractivity (Wildman–Crippen MR) is 181 cm³/mol. The highest BCUT2D eigenvalue weighted by Crippen LogP contribution is 2.48. The first-order valence-corrected chi connectivity index (χ1v) is 22.9. The smallest absolute Gasteiger partial charge is 0.335 e. The van der Waals surface area contributed by atoms with E-state index in [1.807, 2.05) is 4.90 Å². The van der Waals surface area contributed by atoms with Gasteiger partial charge in [0.1, 0.15) is 26.6 Å². The molecule has 0 aromatic carbocycles. The van der Waals surface area contributed by atoms with Gasteiger partial charge in [0.15, 0.2) is 12.0 Å². The molecule has 0 aromatic rings. The molecule has 3 fully saturated rings. The first kappa shape index (κ1) is 36.1. The van der Waals surface area contributed by atoms with E-state index in [0.29, 0.717) is 12.6 Å². The Kier molecular flexibility index (Phi) is 11.7. The summed E-state index contributed by atoms with van der Waals surface area (Å²) >= 11 is 0. The lowest BCUT2D eigenvalue weighted by Crippen LogP contribution is -2.66. The number of amides is 1. The minimum absolute atomic E-state index is 0.189. The van der Waals surface area contributed by atoms with Crippen LogP contribution in [0.2, 0.25) is 41.8 Å². The highest BCUT2D eigenvalue weighted by atomic mass is 28.5. The van der Waals surface area contributed by atoms with Crippen molar-refractivity contribution in [2.75, 3.05) is 13.7 Å². The van der Waals surface area contributed by atoms with Crippen LogP contribution in [-0.4, -0.2) is 108 Å². The summed E-state index contributed by atoms with van der Waals surface area (Å²) < 4.78 is 28.7. The van der Waals surface area contributed by atoms with Crippen LogP contribution >= 0.6 is 0 Å². The molecule has 4 heterocycles. The van der Waals surface area contributed by atoms with E-state index in [1.54, 1.807) is 13.4 Å². The highest BCUT2D eigenvalue weighted by Gasteiger charge is 2.62. The fraction of sp³-hybridized carbons (Fsp3) is 0.821. The number of guanidine groups is 1. The fourth-order valence-corrected chi connectivity index (χ4v) is 18.2. The average Bonchev–Trinajstić information content (AvgIpc) is 3.48. The molecule has 0 spiro atoms. The summed E-state index contributed by atoms with van der Waals surface area (Å²) in [6.07, 6.45) is 0.147. The van der Waals surface area contributed by atoms with E-state index in [2.05, 4.69) is 123 Å². The maximum absolute atomic E-state index is 12.8. The quantitative estimate of drug-likeness (QED) is 0.351. The zero-order chi connectivity index (χ0) is 32.5. The van der Waals surface area contributed by atoms with E-state index in [-0.39, 0.29) is 46.2 Å². The van der Waals surface area contributed by atoms with Crippen molar-refractivity contribution in [2.45, 2.75) is 128 Å². The Morgan fingerprint density at radius 2 is 1.63 bits per heavy atom. The summed E-state index contributed by atoms with van der Waals surface area (Å²) in [6, 6.07) is -0.606. The Hall–Kier alpha value is -1.41. The number of nitrogens with zero attached hydrogens (tertiary/aromatic N) is 3. The molecule has 4 radical (unpaired) electrons. The second-order valence-corrected chi connectivity index (χ2v) is 27.6. The molecule has 43 heavy (non-hydrogen) atoms. The average molecular weight is 644 g/mol. The van der Waals surface area contributed by atoms with Crippen LogP contribution in [0, 0.1) is 17.4 Å². The summed E-state index contributed by atoms with van der Waals surface area (Å²) in [4.78, 5) is 23.6. The number of rotatable bonds is 5. The fourth-order valence-electron chi connectivity index (χ4n) is 6.41. The molecule has 4 rings (SSSR count). The third-order valence-electron chi connectivity index (χ3n) is 8.58. The van der Waals surface area contributed by atoms with Crippen LogP contribution in [0.4, 0.5) is 0 Å². The van der Waals surface area contributed by atoms with Crippen LogP contribution in [0.25, 0.3) is 0 Å². The van der Waals surface area contributed by atoms with E-state index in [0.717, 1.165) is 0 Å². The molecule has 4 aliphatic heterocycles. The van der Waals surface area contributed by atoms with Crippen molar-refractivity contribution in [2.24, 2.45) is 15.9 Å². The lowest BCUT2D eigenvalue weighted by molar-refractivity contribution is -0.124. The lowest BCUT2D eigenvalue weighted by Gasteiger charge is -2.51. The molecule has 236 valence electrons. The monoisotopic (exact) mass is 643 g/mol. The van der Waals surface area contributed by atoms with Gasteiger partial charge < -0.3 is 27.9 Å². The Morgan fingerprint density at radius 3 is 2.14 bits per heavy atom. The molecule has 2 N–H and O–H groups in total. The maximum Gasteiger partial charge on any atom is 0.335 e. The van der Waals surface area contributed by atoms with Gasteiger partial charge in [0.05, 0.1) is 25.0 Å². The van der Waals surface area contributed by atoms with Gasteiger partial charge in [-0.25, -0.2) is 0 Å². The van der Waals surface area contributed by atoms with Crippen molar-refractivity contribution in [1.82, 2.24) is 15.5 Å². The minimum Gasteiger partial charge on any atom is -0.414 e. The van der Waals surface area contributed by atoms with Gasteiger partial charge in [0.25, 0.3) is 5.91 Å². The first-order chi connectivity index (χ1) is 20.1. The topological polar surface area (TPSA) is 106 Å². The van der Waals surface area contributed by atoms with Crippen molar-refractivity contribution in [3.63, 3.8) is 0 Å². The van der Waals surface area contributed by atoms with Crippen LogP contribution in [0.5, 0.6) is 0 Å². The summed E-state index contributed by atoms with van der Waals surface area (Å²) in [7, 11) is 2.33. The number of carbonyl (C=O) groups is 1. The summed E-state index contributed by atoms with van der Waals surface area (Å²) in [6.45, 7) is 24.9. The molecule has 0 aliphatic carbocycles. The third kappa shape index (κ3) is 7.05. The van der Waals surface area contributed by atoms with Crippen molar-refractivity contribution in [3.05, 3.63) is 0 Å². The molecule has 6 atom stereocenters. The first-order valence-electron chi connectivity index (χ1n) is 15.4. The summed E-state index contributed by atoms with van der Waals surface area (Å²) in [5, 5.41) is 6.12. The van der Waals surface area contributed by atoms with Crippen LogP contribution in [0.1, 0.15) is 55.4 Å². The molecule has 1 amide bonds. The molecule has 4 aliphatic rings. The number of hydrogen-bond acceptors (Lipinski definition) is 8. The zero-order valence-electron chi connectivity index (χ0n) is 28.1. The van der Waals surface area contributed by atoms with Gasteiger partial charge in [0, 0.05) is 22.5 Å². The van der Waals surface area contributed by atoms with Crippen molar-refractivity contribution < 1.29 is 22.5 Å². The molecule has 3 saturated heterocycles. The maximum atomic E-state index is 12.8. The van der Waals surface area contributed by atoms with Gasteiger partial charge in [-0.1, -0.05) is 81.0 Å². The predicted octanol–water partition coefficient (Wildman–Crippen LogP) is 3.15. The minimum atomic E-state index is -2.87. The third-order valence-corrected chi connectivity index (χ3v) is 19.7. The van der Waals surface area contributed by atoms with Crippen molar-refractivity contribution in [3.8, 4) is 11.5 Å². The van der Waals surface area contributed by atoms with E-state index >= 15 is 0 Å². The van der Waals surface area contributed by atoms with Crippen molar-refractivity contribution in [1.29, 1.82) is 0 Å². The second kappa shape index (κ2) is 13.9. The molecule has 15 heteroatoms. The van der Waals surface area contributed by atoms with E-state index in [1.165, 1.54) is 0 Å². The Morgan fingerprint density at radius 1 is 1.05 bits per heavy atom. The van der Waals surface area contributed by atoms with Crippen LogP contribution in [0.15, 0.2) is 9.98 Å². The molecule has 3 unspecified atom stereocenters. The Labute approximate surface area is 265 Å². The molecular formula is C28H51B2N5O5Si3. The number of fused-ring (bicyclic) bond motifs is 2. The van der Waals surface area contributed by atoms with Crippen LogP contribution in [0.3, 0.4) is 0 Å². The largest absolute Gasteiger partial charge is 0.414 e. The van der Waals surface area contributed by atoms with Gasteiger partial charge >= 0.3 is 17.1 Å². The van der Waals surface area contributed by atoms with E-state index < -0.39 is 43.6 Å². The molecule has 10 nitrogen and oxygen atoms in total. The molecule has 0 saturated carbocycles. The second-order valence-electron chi connectivity index (χ2n) is 14.0. The van der Waals surface area contributed by atoms with Gasteiger partial charge in [-0.15, -0.1) is 5.54 Å². The number of carbonyl (C=O) groups excluding carboxylic acids is 1. The normalized spacial score (nSPS) is 32.3. The molecular weight excluding hydrogens is 592 g/mol. The molecule has 0 aromatic heterocycles. The lowest BCUT2D eigenvalue weighted by atomic mass is 9.81. The molecule has 0 bridgehead atoms. The summed E-state index contributed by atoms with van der Waals surface area (Å²) in [5.74, 6) is 3.58. The van der Waals surface area contributed by atoms with E-state index in [4.69, 9.17) is 17.7 Å². The standard InChI is InChI=1S/C28H51N5O5Si3.B2/c1-17(2)40(18(3)4)35-15-22-24(37-41(38-40,19(5)6)20(7)8)21(13-14-39(10,11)12)27(36-22)33-16-30-23-25(33)31-28(29-9)32-26(23)34;1-2/h16-25,27H,15H2,1-12H3,(H2,29,31,32,34);/t21?,22-,23?,24-,25?,27-;/m1./s1. The number of hydrogen-bond donors (Lipinski definition) is 2. The van der Waals surface area contributed by atoms with Gasteiger partial charge in [-0.05, 0) is 22.2 Å². The zero-order valence-corrected chi connectivity index (χ0v) is 31.1. The van der Waals surface area contributed by atoms with Gasteiger partial charge in [-0.3, -0.25) is 20.1 Å². The number of aliphatic imine (C=N–C) groups is 2. The Bertz CT molecular complexity index is 1110. The highest BCUT2D eigenvalue weighted by molar-refractivity contribution is 6.84. The summed E-state index contributed by atoms with van der Waals surface area (Å²) in [5.41, 5.74) is 4.49. The van der Waals surface area contributed by atoms with Gasteiger partial charge in [-0.2, -0.15) is 0 Å². The Balaban J connectivity index is 0.00000248. The SMILES string of the molecule is CN=C1NC(=O)C2N=CN([C@@H]3O[C@@H]4CO[Si](C(C)C)(C(C)C)O[Si](C(C)C)(C(C)C)O[C@@H]4C3C#C[Si](C)(C)C)C2N1.[B][B]. The number of nitrogens with one attached hydrogen (secondary N) is 2. The van der Waals surface area contributed by atoms with Crippen LogP contribution in [-0.2, 0) is 22.5 Å². The van der Waals surface area contributed by atoms with E-state index in [9.17, 15) is 4.79 Å². The van der Waals surface area contributed by atoms with Crippen LogP contribution < -0.4 is 10.6 Å². The van der Waals surface area contributed by atoms with Crippen molar-refractivity contribution >= 4 is 58.9 Å². The van der Waals surface area contributed by atoms with Gasteiger partial charge in [0.2, 0.25) is 0 Å².